The summed E-state index contributed by atoms with van der Waals surface area (Å²) in [6.07, 6.45) is 4.18. The molecule has 0 amide bonds. The van der Waals surface area contributed by atoms with Crippen molar-refractivity contribution < 1.29 is 8.42 Å². The number of piperidine rings is 1. The Morgan fingerprint density at radius 3 is 2.70 bits per heavy atom. The number of nitrogens with zero attached hydrogens (tertiary/aromatic N) is 4. The van der Waals surface area contributed by atoms with Crippen molar-refractivity contribution in [3.05, 3.63) is 52.8 Å². The molecule has 7 heteroatoms. The predicted octanol–water partition coefficient (Wildman–Crippen LogP) is 2.92. The molecule has 2 fully saturated rings. The van der Waals surface area contributed by atoms with Gasteiger partial charge in [0, 0.05) is 50.4 Å². The van der Waals surface area contributed by atoms with E-state index in [9.17, 15) is 8.42 Å². The number of hydrogen-bond acceptors (Lipinski definition) is 6. The third kappa shape index (κ3) is 3.73. The minimum Gasteiger partial charge on any atom is -0.341 e. The topological polar surface area (TPSA) is 66.4 Å². The van der Waals surface area contributed by atoms with Crippen molar-refractivity contribution in [1.82, 2.24) is 14.9 Å². The second-order valence-electron chi connectivity index (χ2n) is 9.41. The number of aryl methyl sites for hydroxylation is 1. The van der Waals surface area contributed by atoms with Crippen molar-refractivity contribution in [3.8, 4) is 0 Å². The maximum Gasteiger partial charge on any atom is 0.225 e. The van der Waals surface area contributed by atoms with E-state index < -0.39 is 9.84 Å². The van der Waals surface area contributed by atoms with Crippen LogP contribution < -0.4 is 4.90 Å². The van der Waals surface area contributed by atoms with Gasteiger partial charge in [-0.05, 0) is 31.2 Å². The van der Waals surface area contributed by atoms with E-state index in [2.05, 4.69) is 52.9 Å². The van der Waals surface area contributed by atoms with E-state index in [0.717, 1.165) is 49.8 Å². The summed E-state index contributed by atoms with van der Waals surface area (Å²) in [5.41, 5.74) is 4.22. The van der Waals surface area contributed by atoms with Crippen LogP contribution in [0.2, 0.25) is 0 Å². The minimum atomic E-state index is -3.19. The highest BCUT2D eigenvalue weighted by molar-refractivity contribution is 7.91. The zero-order valence-corrected chi connectivity index (χ0v) is 18.6. The molecule has 0 aliphatic carbocycles. The summed E-state index contributed by atoms with van der Waals surface area (Å²) in [7, 11) is -3.19. The maximum atomic E-state index is 13.0. The van der Waals surface area contributed by atoms with Crippen molar-refractivity contribution in [1.29, 1.82) is 0 Å². The van der Waals surface area contributed by atoms with Crippen molar-refractivity contribution in [2.45, 2.75) is 50.2 Å². The van der Waals surface area contributed by atoms with Gasteiger partial charge < -0.3 is 4.90 Å². The molecule has 2 saturated heterocycles. The smallest absolute Gasteiger partial charge is 0.225 e. The lowest BCUT2D eigenvalue weighted by Crippen LogP contribution is -2.38. The molecule has 0 N–H and O–H groups in total. The van der Waals surface area contributed by atoms with Crippen LogP contribution in [0.3, 0.4) is 0 Å². The standard InChI is InChI=1S/C23H30N4O2S/c1-16-5-7-18(8-6-16)12-26-13-20-21(14-26)30(28,29)15-19-10-24-23(25-22(19)20)27-9-3-4-17(2)11-27/h5-8,10,17,20-21H,3-4,9,11-15H2,1-2H3/t17?,20-,21+/m1/s1. The first kappa shape index (κ1) is 19.9. The van der Waals surface area contributed by atoms with Gasteiger partial charge in [0.25, 0.3) is 0 Å². The van der Waals surface area contributed by atoms with Gasteiger partial charge in [-0.3, -0.25) is 4.90 Å². The second-order valence-corrected chi connectivity index (χ2v) is 11.6. The van der Waals surface area contributed by atoms with Crippen LogP contribution >= 0.6 is 0 Å². The van der Waals surface area contributed by atoms with Crippen LogP contribution in [0.5, 0.6) is 0 Å². The number of likely N-dealkylation sites (tertiary alicyclic amines) is 1. The molecule has 4 heterocycles. The van der Waals surface area contributed by atoms with Gasteiger partial charge in [0.2, 0.25) is 5.95 Å². The van der Waals surface area contributed by atoms with Crippen LogP contribution in [-0.2, 0) is 22.1 Å². The Bertz CT molecular complexity index is 1040. The Morgan fingerprint density at radius 2 is 1.93 bits per heavy atom. The molecule has 0 spiro atoms. The Balaban J connectivity index is 1.42. The summed E-state index contributed by atoms with van der Waals surface area (Å²) in [6, 6.07) is 8.50. The highest BCUT2D eigenvalue weighted by Crippen LogP contribution is 2.40. The molecule has 0 bridgehead atoms. The zero-order chi connectivity index (χ0) is 20.9. The van der Waals surface area contributed by atoms with E-state index in [1.54, 1.807) is 6.20 Å². The fourth-order valence-electron chi connectivity index (χ4n) is 5.25. The van der Waals surface area contributed by atoms with Crippen molar-refractivity contribution in [3.63, 3.8) is 0 Å². The van der Waals surface area contributed by atoms with E-state index in [1.807, 2.05) is 0 Å². The Hall–Kier alpha value is -1.99. The fraction of sp³-hybridized carbons (Fsp3) is 0.565. The normalized spacial score (nSPS) is 28.2. The molecular formula is C23H30N4O2S. The number of fused-ring (bicyclic) bond motifs is 3. The van der Waals surface area contributed by atoms with Gasteiger partial charge in [0.05, 0.1) is 16.7 Å². The summed E-state index contributed by atoms with van der Waals surface area (Å²) in [5.74, 6) is 1.42. The third-order valence-electron chi connectivity index (χ3n) is 6.86. The molecule has 30 heavy (non-hydrogen) atoms. The largest absolute Gasteiger partial charge is 0.341 e. The highest BCUT2D eigenvalue weighted by atomic mass is 32.2. The lowest BCUT2D eigenvalue weighted by atomic mass is 9.99. The highest BCUT2D eigenvalue weighted by Gasteiger charge is 2.47. The van der Waals surface area contributed by atoms with Gasteiger partial charge in [-0.25, -0.2) is 18.4 Å². The monoisotopic (exact) mass is 426 g/mol. The van der Waals surface area contributed by atoms with Crippen LogP contribution in [0.25, 0.3) is 0 Å². The van der Waals surface area contributed by atoms with Gasteiger partial charge in [-0.15, -0.1) is 0 Å². The summed E-state index contributed by atoms with van der Waals surface area (Å²) in [4.78, 5) is 14.1. The molecule has 2 aromatic rings. The number of rotatable bonds is 3. The molecule has 1 aromatic heterocycles. The van der Waals surface area contributed by atoms with E-state index >= 15 is 0 Å². The number of anilines is 1. The first-order chi connectivity index (χ1) is 14.4. The average molecular weight is 427 g/mol. The fourth-order valence-corrected chi connectivity index (χ4v) is 7.27. The first-order valence-electron chi connectivity index (χ1n) is 11.0. The van der Waals surface area contributed by atoms with Crippen LogP contribution in [0.4, 0.5) is 5.95 Å². The minimum absolute atomic E-state index is 0.0619. The lowest BCUT2D eigenvalue weighted by Gasteiger charge is -2.32. The number of benzene rings is 1. The van der Waals surface area contributed by atoms with Gasteiger partial charge in [-0.2, -0.15) is 0 Å². The van der Waals surface area contributed by atoms with Crippen LogP contribution in [0, 0.1) is 12.8 Å². The molecular weight excluding hydrogens is 396 g/mol. The predicted molar refractivity (Wildman–Crippen MR) is 118 cm³/mol. The van der Waals surface area contributed by atoms with Gasteiger partial charge in [-0.1, -0.05) is 36.8 Å². The molecule has 3 aliphatic heterocycles. The Kier molecular flexibility index (Phi) is 5.06. The van der Waals surface area contributed by atoms with Crippen molar-refractivity contribution in [2.24, 2.45) is 5.92 Å². The Morgan fingerprint density at radius 1 is 1.13 bits per heavy atom. The van der Waals surface area contributed by atoms with Crippen LogP contribution in [0.1, 0.15) is 48.1 Å². The van der Waals surface area contributed by atoms with Crippen molar-refractivity contribution >= 4 is 15.8 Å². The van der Waals surface area contributed by atoms with E-state index in [0.29, 0.717) is 12.5 Å². The maximum absolute atomic E-state index is 13.0. The summed E-state index contributed by atoms with van der Waals surface area (Å²) in [5, 5.41) is -0.363. The van der Waals surface area contributed by atoms with Gasteiger partial charge in [0.15, 0.2) is 9.84 Å². The quantitative estimate of drug-likeness (QED) is 0.752. The van der Waals surface area contributed by atoms with E-state index in [4.69, 9.17) is 4.98 Å². The van der Waals surface area contributed by atoms with Crippen molar-refractivity contribution in [2.75, 3.05) is 31.1 Å². The van der Waals surface area contributed by atoms with E-state index in [1.165, 1.54) is 17.5 Å². The zero-order valence-electron chi connectivity index (χ0n) is 17.8. The molecule has 3 atom stereocenters. The SMILES string of the molecule is Cc1ccc(CN2C[C@H]3c4nc(N5CCCC(C)C5)ncc4CS(=O)(=O)[C@H]3C2)cc1. The number of hydrogen-bond donors (Lipinski definition) is 0. The molecule has 6 nitrogen and oxygen atoms in total. The molecule has 3 aliphatic rings. The first-order valence-corrected chi connectivity index (χ1v) is 12.7. The molecule has 1 aromatic carbocycles. The summed E-state index contributed by atoms with van der Waals surface area (Å²) >= 11 is 0. The Labute approximate surface area is 179 Å². The van der Waals surface area contributed by atoms with Gasteiger partial charge in [0.1, 0.15) is 0 Å². The molecule has 1 unspecified atom stereocenters. The lowest BCUT2D eigenvalue weighted by molar-refractivity contribution is 0.326. The third-order valence-corrected chi connectivity index (χ3v) is 8.98. The van der Waals surface area contributed by atoms with Crippen LogP contribution in [0.15, 0.2) is 30.5 Å². The molecule has 5 rings (SSSR count). The number of aromatic nitrogens is 2. The molecule has 0 saturated carbocycles. The molecule has 0 radical (unpaired) electrons. The number of sulfone groups is 1. The van der Waals surface area contributed by atoms with Gasteiger partial charge >= 0.3 is 0 Å². The summed E-state index contributed by atoms with van der Waals surface area (Å²) in [6.45, 7) is 8.41. The van der Waals surface area contributed by atoms with Crippen LogP contribution in [-0.4, -0.2) is 54.7 Å². The average Bonchev–Trinajstić information content (AvgIpc) is 3.15. The molecule has 160 valence electrons. The summed E-state index contributed by atoms with van der Waals surface area (Å²) < 4.78 is 26.0. The van der Waals surface area contributed by atoms with E-state index in [-0.39, 0.29) is 16.9 Å². The second kappa shape index (κ2) is 7.61.